The van der Waals surface area contributed by atoms with E-state index >= 15 is 0 Å². The van der Waals surface area contributed by atoms with Gasteiger partial charge in [-0.05, 0) is 18.2 Å². The number of aliphatic hydroxyl groups is 1. The van der Waals surface area contributed by atoms with Crippen LogP contribution < -0.4 is 5.32 Å². The van der Waals surface area contributed by atoms with Gasteiger partial charge in [-0.25, -0.2) is 9.18 Å². The summed E-state index contributed by atoms with van der Waals surface area (Å²) in [6.45, 7) is -0.0701. The van der Waals surface area contributed by atoms with Crippen LogP contribution in [0.5, 0.6) is 0 Å². The number of carbonyl (C=O) groups excluding carboxylic acids is 1. The van der Waals surface area contributed by atoms with Crippen molar-refractivity contribution in [3.8, 4) is 0 Å². The molecule has 22 heavy (non-hydrogen) atoms. The zero-order valence-electron chi connectivity index (χ0n) is 11.9. The molecule has 0 saturated heterocycles. The lowest BCUT2D eigenvalue weighted by Crippen LogP contribution is -2.38. The van der Waals surface area contributed by atoms with Crippen LogP contribution >= 0.6 is 0 Å². The lowest BCUT2D eigenvalue weighted by molar-refractivity contribution is -0.139. The fourth-order valence-corrected chi connectivity index (χ4v) is 1.68. The smallest absolute Gasteiger partial charge is 0.389 e. The Labute approximate surface area is 124 Å². The van der Waals surface area contributed by atoms with Crippen LogP contribution in [0.15, 0.2) is 18.2 Å². The lowest BCUT2D eigenvalue weighted by atomic mass is 10.2. The van der Waals surface area contributed by atoms with E-state index in [2.05, 4.69) is 5.32 Å². The molecule has 0 fully saturated rings. The van der Waals surface area contributed by atoms with Gasteiger partial charge in [0.1, 0.15) is 5.82 Å². The van der Waals surface area contributed by atoms with Crippen molar-refractivity contribution >= 4 is 11.7 Å². The molecule has 2 amide bonds. The van der Waals surface area contributed by atoms with Crippen LogP contribution in [0.1, 0.15) is 5.56 Å². The highest BCUT2D eigenvalue weighted by Crippen LogP contribution is 2.33. The third-order valence-electron chi connectivity index (χ3n) is 2.71. The molecular weight excluding hydrogens is 308 g/mol. The number of halogens is 4. The van der Waals surface area contributed by atoms with Crippen LogP contribution in [-0.2, 0) is 10.9 Å². The van der Waals surface area contributed by atoms with Gasteiger partial charge in [0.05, 0.1) is 24.8 Å². The molecule has 1 rings (SSSR count). The van der Waals surface area contributed by atoms with Crippen molar-refractivity contribution in [2.24, 2.45) is 0 Å². The fraction of sp³-hybridized carbons (Fsp3) is 0.462. The average Bonchev–Trinajstić information content (AvgIpc) is 2.39. The first kappa shape index (κ1) is 18.2. The van der Waals surface area contributed by atoms with E-state index in [4.69, 9.17) is 4.74 Å². The van der Waals surface area contributed by atoms with E-state index in [1.807, 2.05) is 0 Å². The summed E-state index contributed by atoms with van der Waals surface area (Å²) in [5.74, 6) is -1.42. The molecule has 0 aromatic heterocycles. The maximum atomic E-state index is 13.1. The van der Waals surface area contributed by atoms with Crippen molar-refractivity contribution in [2.75, 3.05) is 32.6 Å². The minimum absolute atomic E-state index is 0.00634. The summed E-state index contributed by atoms with van der Waals surface area (Å²) in [6, 6.07) is 1.40. The molecule has 1 unspecified atom stereocenters. The minimum atomic E-state index is -4.86. The summed E-state index contributed by atoms with van der Waals surface area (Å²) in [5, 5.41) is 11.7. The second-order valence-electron chi connectivity index (χ2n) is 4.61. The summed E-state index contributed by atoms with van der Waals surface area (Å²) >= 11 is 0. The Bertz CT molecular complexity index is 522. The van der Waals surface area contributed by atoms with Gasteiger partial charge >= 0.3 is 12.2 Å². The van der Waals surface area contributed by atoms with E-state index in [1.54, 1.807) is 0 Å². The number of urea groups is 1. The summed E-state index contributed by atoms with van der Waals surface area (Å²) < 4.78 is 55.5. The molecule has 0 spiro atoms. The second kappa shape index (κ2) is 7.41. The van der Waals surface area contributed by atoms with E-state index in [0.717, 1.165) is 11.0 Å². The van der Waals surface area contributed by atoms with E-state index in [0.29, 0.717) is 12.1 Å². The fourth-order valence-electron chi connectivity index (χ4n) is 1.68. The highest BCUT2D eigenvalue weighted by molar-refractivity contribution is 5.89. The molecule has 124 valence electrons. The van der Waals surface area contributed by atoms with Gasteiger partial charge in [-0.3, -0.25) is 0 Å². The summed E-state index contributed by atoms with van der Waals surface area (Å²) in [5.41, 5.74) is -1.67. The van der Waals surface area contributed by atoms with Crippen molar-refractivity contribution in [3.05, 3.63) is 29.6 Å². The van der Waals surface area contributed by atoms with E-state index < -0.39 is 29.7 Å². The number of carbonyl (C=O) groups is 1. The number of alkyl halides is 3. The van der Waals surface area contributed by atoms with Gasteiger partial charge in [0.15, 0.2) is 0 Å². The Morgan fingerprint density at radius 1 is 1.45 bits per heavy atom. The number of hydrogen-bond acceptors (Lipinski definition) is 3. The van der Waals surface area contributed by atoms with Gasteiger partial charge < -0.3 is 20.1 Å². The van der Waals surface area contributed by atoms with Crippen LogP contribution in [0.25, 0.3) is 0 Å². The van der Waals surface area contributed by atoms with Crippen molar-refractivity contribution in [1.29, 1.82) is 0 Å². The summed E-state index contributed by atoms with van der Waals surface area (Å²) in [6.07, 6.45) is -5.79. The van der Waals surface area contributed by atoms with Crippen molar-refractivity contribution < 1.29 is 32.2 Å². The zero-order valence-corrected chi connectivity index (χ0v) is 11.9. The number of likely N-dealkylation sites (N-methyl/N-ethyl adjacent to an activating group) is 1. The SMILES string of the molecule is COCC(O)CN(C)C(=O)Nc1ccc(F)c(C(F)(F)F)c1. The molecule has 1 aromatic carbocycles. The van der Waals surface area contributed by atoms with E-state index in [-0.39, 0.29) is 18.8 Å². The third-order valence-corrected chi connectivity index (χ3v) is 2.71. The molecule has 0 radical (unpaired) electrons. The van der Waals surface area contributed by atoms with Gasteiger partial charge in [0.2, 0.25) is 0 Å². The van der Waals surface area contributed by atoms with Crippen LogP contribution in [0.4, 0.5) is 28.0 Å². The monoisotopic (exact) mass is 324 g/mol. The average molecular weight is 324 g/mol. The van der Waals surface area contributed by atoms with Crippen molar-refractivity contribution in [1.82, 2.24) is 4.90 Å². The number of hydrogen-bond donors (Lipinski definition) is 2. The zero-order chi connectivity index (χ0) is 16.9. The molecule has 5 nitrogen and oxygen atoms in total. The molecule has 0 saturated carbocycles. The first-order valence-electron chi connectivity index (χ1n) is 6.21. The Hall–Kier alpha value is -1.87. The van der Waals surface area contributed by atoms with Crippen molar-refractivity contribution in [2.45, 2.75) is 12.3 Å². The number of anilines is 1. The molecular formula is C13H16F4N2O3. The van der Waals surface area contributed by atoms with Gasteiger partial charge in [0, 0.05) is 19.8 Å². The molecule has 0 heterocycles. The third kappa shape index (κ3) is 5.15. The number of methoxy groups -OCH3 is 1. The maximum Gasteiger partial charge on any atom is 0.419 e. The van der Waals surface area contributed by atoms with Gasteiger partial charge in [-0.1, -0.05) is 0 Å². The highest BCUT2D eigenvalue weighted by atomic mass is 19.4. The predicted octanol–water partition coefficient (Wildman–Crippen LogP) is 2.32. The summed E-state index contributed by atoms with van der Waals surface area (Å²) in [4.78, 5) is 12.9. The van der Waals surface area contributed by atoms with Crippen LogP contribution in [0.3, 0.4) is 0 Å². The van der Waals surface area contributed by atoms with Crippen LogP contribution in [-0.4, -0.2) is 49.5 Å². The largest absolute Gasteiger partial charge is 0.419 e. The van der Waals surface area contributed by atoms with Crippen molar-refractivity contribution in [3.63, 3.8) is 0 Å². The summed E-state index contributed by atoms with van der Waals surface area (Å²) in [7, 11) is 2.73. The number of benzene rings is 1. The maximum absolute atomic E-state index is 13.1. The molecule has 0 bridgehead atoms. The quantitative estimate of drug-likeness (QED) is 0.817. The van der Waals surface area contributed by atoms with Gasteiger partial charge in [-0.15, -0.1) is 0 Å². The Balaban J connectivity index is 2.76. The first-order chi connectivity index (χ1) is 10.1. The molecule has 0 aliphatic heterocycles. The number of amides is 2. The number of ether oxygens (including phenoxy) is 1. The molecule has 2 N–H and O–H groups in total. The van der Waals surface area contributed by atoms with E-state index in [9.17, 15) is 27.5 Å². The number of aliphatic hydroxyl groups excluding tert-OH is 1. The Kier molecular flexibility index (Phi) is 6.12. The standard InChI is InChI=1S/C13H16F4N2O3/c1-19(6-9(20)7-22-2)12(21)18-8-3-4-11(14)10(5-8)13(15,16)17/h3-5,9,20H,6-7H2,1-2H3,(H,18,21). The lowest BCUT2D eigenvalue weighted by Gasteiger charge is -2.21. The number of rotatable bonds is 5. The predicted molar refractivity (Wildman–Crippen MR) is 70.9 cm³/mol. The topological polar surface area (TPSA) is 61.8 Å². The molecule has 0 aliphatic carbocycles. The first-order valence-corrected chi connectivity index (χ1v) is 6.21. The van der Waals surface area contributed by atoms with E-state index in [1.165, 1.54) is 14.2 Å². The second-order valence-corrected chi connectivity index (χ2v) is 4.61. The Morgan fingerprint density at radius 2 is 2.09 bits per heavy atom. The molecule has 9 heteroatoms. The van der Waals surface area contributed by atoms with Gasteiger partial charge in [-0.2, -0.15) is 13.2 Å². The normalized spacial score (nSPS) is 12.9. The van der Waals surface area contributed by atoms with Gasteiger partial charge in [0.25, 0.3) is 0 Å². The van der Waals surface area contributed by atoms with Crippen LogP contribution in [0, 0.1) is 5.82 Å². The molecule has 0 aliphatic rings. The van der Waals surface area contributed by atoms with Crippen LogP contribution in [0.2, 0.25) is 0 Å². The molecule has 1 aromatic rings. The Morgan fingerprint density at radius 3 is 2.64 bits per heavy atom. The highest BCUT2D eigenvalue weighted by Gasteiger charge is 2.34. The number of nitrogens with one attached hydrogen (secondary N) is 1. The number of nitrogens with zero attached hydrogens (tertiary/aromatic N) is 1. The molecule has 1 atom stereocenters. The minimum Gasteiger partial charge on any atom is -0.389 e.